The van der Waals surface area contributed by atoms with Gasteiger partial charge in [0.05, 0.1) is 11.6 Å². The quantitative estimate of drug-likeness (QED) is 0.725. The Bertz CT molecular complexity index is 235. The summed E-state index contributed by atoms with van der Waals surface area (Å²) in [5.41, 5.74) is 1.25. The second-order valence-corrected chi connectivity index (χ2v) is 4.89. The predicted octanol–water partition coefficient (Wildman–Crippen LogP) is 2.52. The van der Waals surface area contributed by atoms with Crippen molar-refractivity contribution in [2.45, 2.75) is 52.2 Å². The van der Waals surface area contributed by atoms with Gasteiger partial charge in [-0.15, -0.1) is 0 Å². The van der Waals surface area contributed by atoms with Crippen LogP contribution in [0.4, 0.5) is 0 Å². The van der Waals surface area contributed by atoms with Crippen LogP contribution in [-0.4, -0.2) is 38.0 Å². The van der Waals surface area contributed by atoms with Crippen LogP contribution in [-0.2, 0) is 9.47 Å². The fourth-order valence-corrected chi connectivity index (χ4v) is 2.50. The monoisotopic (exact) mass is 241 g/mol. The first-order valence-corrected chi connectivity index (χ1v) is 6.74. The number of allylic oxidation sites excluding steroid dienone is 1. The molecule has 0 bridgehead atoms. The van der Waals surface area contributed by atoms with Crippen LogP contribution in [0.5, 0.6) is 0 Å². The van der Waals surface area contributed by atoms with Gasteiger partial charge in [0.25, 0.3) is 0 Å². The molecule has 17 heavy (non-hydrogen) atoms. The van der Waals surface area contributed by atoms with Crippen molar-refractivity contribution < 1.29 is 9.47 Å². The van der Waals surface area contributed by atoms with Gasteiger partial charge in [0.15, 0.2) is 0 Å². The smallest absolute Gasteiger partial charge is 0.0914 e. The molecule has 1 heterocycles. The maximum absolute atomic E-state index is 6.10. The Labute approximate surface area is 106 Å². The Balaban J connectivity index is 2.86. The maximum Gasteiger partial charge on any atom is 0.0914 e. The molecule has 0 saturated carbocycles. The number of hydrogen-bond donors (Lipinski definition) is 1. The van der Waals surface area contributed by atoms with Crippen LogP contribution in [0.3, 0.4) is 0 Å². The highest BCUT2D eigenvalue weighted by molar-refractivity contribution is 5.10. The van der Waals surface area contributed by atoms with Gasteiger partial charge in [0.2, 0.25) is 0 Å². The number of rotatable bonds is 6. The van der Waals surface area contributed by atoms with Crippen molar-refractivity contribution >= 4 is 0 Å². The first-order valence-electron chi connectivity index (χ1n) is 6.74. The summed E-state index contributed by atoms with van der Waals surface area (Å²) in [6, 6.07) is 0.293. The SMILES string of the molecule is CCNC(C=C(C)C)C1(OCC)CCOCC1. The highest BCUT2D eigenvalue weighted by Crippen LogP contribution is 2.30. The largest absolute Gasteiger partial charge is 0.381 e. The average Bonchev–Trinajstić information content (AvgIpc) is 2.29. The second kappa shape index (κ2) is 7.14. The first-order chi connectivity index (χ1) is 8.14. The van der Waals surface area contributed by atoms with E-state index in [1.807, 2.05) is 0 Å². The van der Waals surface area contributed by atoms with E-state index in [1.165, 1.54) is 5.57 Å². The standard InChI is InChI=1S/C14H27NO2/c1-5-15-13(11-12(3)4)14(17-6-2)7-9-16-10-8-14/h11,13,15H,5-10H2,1-4H3. The Morgan fingerprint density at radius 1 is 1.35 bits per heavy atom. The Kier molecular flexibility index (Phi) is 6.17. The summed E-state index contributed by atoms with van der Waals surface area (Å²) in [5, 5.41) is 3.55. The lowest BCUT2D eigenvalue weighted by Crippen LogP contribution is -2.54. The van der Waals surface area contributed by atoms with Crippen molar-refractivity contribution in [2.24, 2.45) is 0 Å². The van der Waals surface area contributed by atoms with E-state index in [4.69, 9.17) is 9.47 Å². The number of hydrogen-bond acceptors (Lipinski definition) is 3. The highest BCUT2D eigenvalue weighted by atomic mass is 16.5. The summed E-state index contributed by atoms with van der Waals surface area (Å²) >= 11 is 0. The molecule has 0 aromatic rings. The van der Waals surface area contributed by atoms with Crippen LogP contribution < -0.4 is 5.32 Å². The molecule has 0 aliphatic carbocycles. The van der Waals surface area contributed by atoms with Gasteiger partial charge in [-0.05, 0) is 27.3 Å². The zero-order valence-corrected chi connectivity index (χ0v) is 11.7. The summed E-state index contributed by atoms with van der Waals surface area (Å²) < 4.78 is 11.6. The first kappa shape index (κ1) is 14.7. The summed E-state index contributed by atoms with van der Waals surface area (Å²) in [4.78, 5) is 0. The Hall–Kier alpha value is -0.380. The molecule has 0 amide bonds. The zero-order valence-electron chi connectivity index (χ0n) is 11.7. The third-order valence-electron chi connectivity index (χ3n) is 3.26. The molecule has 0 radical (unpaired) electrons. The van der Waals surface area contributed by atoms with Crippen molar-refractivity contribution in [3.63, 3.8) is 0 Å². The number of ether oxygens (including phenoxy) is 2. The molecule has 1 atom stereocenters. The van der Waals surface area contributed by atoms with Gasteiger partial charge in [0, 0.05) is 32.7 Å². The van der Waals surface area contributed by atoms with Crippen LogP contribution in [0, 0.1) is 0 Å². The van der Waals surface area contributed by atoms with Gasteiger partial charge in [0.1, 0.15) is 0 Å². The Morgan fingerprint density at radius 3 is 2.47 bits per heavy atom. The van der Waals surface area contributed by atoms with Crippen LogP contribution in [0.2, 0.25) is 0 Å². The topological polar surface area (TPSA) is 30.5 Å². The highest BCUT2D eigenvalue weighted by Gasteiger charge is 2.39. The van der Waals surface area contributed by atoms with Crippen molar-refractivity contribution in [3.05, 3.63) is 11.6 Å². The van der Waals surface area contributed by atoms with Gasteiger partial charge in [-0.25, -0.2) is 0 Å². The molecule has 3 heteroatoms. The Morgan fingerprint density at radius 2 is 2.00 bits per heavy atom. The lowest BCUT2D eigenvalue weighted by Gasteiger charge is -2.42. The normalized spacial score (nSPS) is 20.9. The molecule has 1 N–H and O–H groups in total. The maximum atomic E-state index is 6.10. The molecule has 0 spiro atoms. The van der Waals surface area contributed by atoms with E-state index in [2.05, 4.69) is 39.1 Å². The van der Waals surface area contributed by atoms with E-state index in [0.717, 1.165) is 39.2 Å². The van der Waals surface area contributed by atoms with Crippen LogP contribution in [0.1, 0.15) is 40.5 Å². The summed E-state index contributed by atoms with van der Waals surface area (Å²) in [5.74, 6) is 0. The molecule has 1 unspecified atom stereocenters. The van der Waals surface area contributed by atoms with Crippen molar-refractivity contribution in [2.75, 3.05) is 26.4 Å². The van der Waals surface area contributed by atoms with Crippen LogP contribution >= 0.6 is 0 Å². The minimum Gasteiger partial charge on any atom is -0.381 e. The fourth-order valence-electron chi connectivity index (χ4n) is 2.50. The van der Waals surface area contributed by atoms with Gasteiger partial charge in [-0.2, -0.15) is 0 Å². The predicted molar refractivity (Wildman–Crippen MR) is 71.3 cm³/mol. The summed E-state index contributed by atoms with van der Waals surface area (Å²) in [6.45, 7) is 11.8. The van der Waals surface area contributed by atoms with Gasteiger partial charge < -0.3 is 14.8 Å². The summed E-state index contributed by atoms with van der Waals surface area (Å²) in [6.07, 6.45) is 4.25. The molecule has 0 aromatic carbocycles. The molecule has 1 aliphatic heterocycles. The molecule has 1 saturated heterocycles. The van der Waals surface area contributed by atoms with Gasteiger partial charge in [-0.1, -0.05) is 18.6 Å². The van der Waals surface area contributed by atoms with E-state index in [0.29, 0.717) is 6.04 Å². The average molecular weight is 241 g/mol. The van der Waals surface area contributed by atoms with E-state index in [1.54, 1.807) is 0 Å². The molecule has 3 nitrogen and oxygen atoms in total. The molecule has 100 valence electrons. The number of nitrogens with one attached hydrogen (secondary N) is 1. The van der Waals surface area contributed by atoms with E-state index in [-0.39, 0.29) is 5.60 Å². The van der Waals surface area contributed by atoms with Crippen molar-refractivity contribution in [1.82, 2.24) is 5.32 Å². The molecule has 1 rings (SSSR count). The van der Waals surface area contributed by atoms with Crippen LogP contribution in [0.25, 0.3) is 0 Å². The number of likely N-dealkylation sites (N-methyl/N-ethyl adjacent to an activating group) is 1. The molecular formula is C14H27NO2. The van der Waals surface area contributed by atoms with E-state index >= 15 is 0 Å². The molecule has 1 fully saturated rings. The van der Waals surface area contributed by atoms with E-state index in [9.17, 15) is 0 Å². The van der Waals surface area contributed by atoms with E-state index < -0.39 is 0 Å². The lowest BCUT2D eigenvalue weighted by atomic mass is 9.84. The third-order valence-corrected chi connectivity index (χ3v) is 3.26. The fraction of sp³-hybridized carbons (Fsp3) is 0.857. The zero-order chi connectivity index (χ0) is 12.7. The van der Waals surface area contributed by atoms with Crippen molar-refractivity contribution in [3.8, 4) is 0 Å². The molecule has 0 aromatic heterocycles. The molecule has 1 aliphatic rings. The minimum absolute atomic E-state index is 0.0831. The third kappa shape index (κ3) is 4.09. The second-order valence-electron chi connectivity index (χ2n) is 4.89. The summed E-state index contributed by atoms with van der Waals surface area (Å²) in [7, 11) is 0. The van der Waals surface area contributed by atoms with Crippen molar-refractivity contribution in [1.29, 1.82) is 0 Å². The molecular weight excluding hydrogens is 214 g/mol. The van der Waals surface area contributed by atoms with Crippen LogP contribution in [0.15, 0.2) is 11.6 Å². The minimum atomic E-state index is -0.0831. The van der Waals surface area contributed by atoms with Gasteiger partial charge >= 0.3 is 0 Å². The van der Waals surface area contributed by atoms with Gasteiger partial charge in [-0.3, -0.25) is 0 Å². The lowest BCUT2D eigenvalue weighted by molar-refractivity contribution is -0.118.